The van der Waals surface area contributed by atoms with E-state index in [1.165, 1.54) is 0 Å². The molecule has 0 bridgehead atoms. The number of hydrogen-bond donors (Lipinski definition) is 0. The van der Waals surface area contributed by atoms with Crippen LogP contribution < -0.4 is 9.47 Å². The highest BCUT2D eigenvalue weighted by Crippen LogP contribution is 2.22. The topological polar surface area (TPSA) is 38.8 Å². The third kappa shape index (κ3) is 3.89. The molecule has 1 aliphatic rings. The zero-order chi connectivity index (χ0) is 14.4. The average molecular weight is 277 g/mol. The van der Waals surface area contributed by atoms with Gasteiger partial charge in [0, 0.05) is 32.4 Å². The van der Waals surface area contributed by atoms with Crippen molar-refractivity contribution in [1.82, 2.24) is 4.90 Å². The van der Waals surface area contributed by atoms with Gasteiger partial charge in [0.1, 0.15) is 17.6 Å². The van der Waals surface area contributed by atoms with Crippen LogP contribution in [0.5, 0.6) is 11.5 Å². The van der Waals surface area contributed by atoms with Gasteiger partial charge in [-0.25, -0.2) is 0 Å². The van der Waals surface area contributed by atoms with Crippen LogP contribution >= 0.6 is 0 Å². The van der Waals surface area contributed by atoms with Crippen LogP contribution in [0.4, 0.5) is 0 Å². The molecule has 4 nitrogen and oxygen atoms in total. The van der Waals surface area contributed by atoms with Gasteiger partial charge in [-0.1, -0.05) is 6.92 Å². The number of carbonyl (C=O) groups excluding carboxylic acids is 1. The molecule has 1 aromatic carbocycles. The van der Waals surface area contributed by atoms with E-state index in [0.29, 0.717) is 6.42 Å². The van der Waals surface area contributed by atoms with Gasteiger partial charge in [0.05, 0.1) is 7.11 Å². The van der Waals surface area contributed by atoms with Gasteiger partial charge in [-0.2, -0.15) is 0 Å². The van der Waals surface area contributed by atoms with E-state index in [1.807, 2.05) is 36.1 Å². The van der Waals surface area contributed by atoms with E-state index in [1.54, 1.807) is 7.11 Å². The molecule has 0 N–H and O–H groups in total. The maximum Gasteiger partial charge on any atom is 0.222 e. The first-order valence-corrected chi connectivity index (χ1v) is 7.31. The summed E-state index contributed by atoms with van der Waals surface area (Å²) in [5.41, 5.74) is 0. The Morgan fingerprint density at radius 1 is 1.20 bits per heavy atom. The van der Waals surface area contributed by atoms with Crippen LogP contribution in [-0.2, 0) is 4.79 Å². The summed E-state index contributed by atoms with van der Waals surface area (Å²) < 4.78 is 11.1. The number of hydrogen-bond acceptors (Lipinski definition) is 3. The molecule has 1 aromatic rings. The number of piperidine rings is 1. The van der Waals surface area contributed by atoms with Crippen LogP contribution in [0.25, 0.3) is 0 Å². The molecule has 1 saturated heterocycles. The largest absolute Gasteiger partial charge is 0.497 e. The maximum atomic E-state index is 11.8. The van der Waals surface area contributed by atoms with Gasteiger partial charge in [0.25, 0.3) is 0 Å². The molecule has 4 heteroatoms. The third-order valence-corrected chi connectivity index (χ3v) is 3.62. The minimum Gasteiger partial charge on any atom is -0.497 e. The predicted molar refractivity (Wildman–Crippen MR) is 78.1 cm³/mol. The fraction of sp³-hybridized carbons (Fsp3) is 0.562. The van der Waals surface area contributed by atoms with Crippen molar-refractivity contribution >= 4 is 5.91 Å². The summed E-state index contributed by atoms with van der Waals surface area (Å²) in [7, 11) is 1.65. The van der Waals surface area contributed by atoms with Crippen molar-refractivity contribution in [3.8, 4) is 11.5 Å². The number of carbonyl (C=O) groups is 1. The summed E-state index contributed by atoms with van der Waals surface area (Å²) in [5.74, 6) is 1.97. The monoisotopic (exact) mass is 277 g/mol. The van der Waals surface area contributed by atoms with Crippen molar-refractivity contribution in [1.29, 1.82) is 0 Å². The highest BCUT2D eigenvalue weighted by atomic mass is 16.5. The Morgan fingerprint density at radius 3 is 2.35 bits per heavy atom. The smallest absolute Gasteiger partial charge is 0.222 e. The molecule has 0 spiro atoms. The first-order valence-electron chi connectivity index (χ1n) is 7.31. The second-order valence-electron chi connectivity index (χ2n) is 5.12. The number of ether oxygens (including phenoxy) is 2. The first-order chi connectivity index (χ1) is 9.72. The summed E-state index contributed by atoms with van der Waals surface area (Å²) in [5, 5.41) is 0. The van der Waals surface area contributed by atoms with Crippen LogP contribution in [0.15, 0.2) is 24.3 Å². The molecule has 1 fully saturated rings. The fourth-order valence-electron chi connectivity index (χ4n) is 2.44. The van der Waals surface area contributed by atoms with Crippen molar-refractivity contribution < 1.29 is 14.3 Å². The van der Waals surface area contributed by atoms with E-state index in [4.69, 9.17) is 9.47 Å². The lowest BCUT2D eigenvalue weighted by Gasteiger charge is -2.32. The molecule has 1 aliphatic heterocycles. The molecule has 0 atom stereocenters. The predicted octanol–water partition coefficient (Wildman–Crippen LogP) is 2.87. The molecule has 0 saturated carbocycles. The molecular formula is C16H23NO3. The summed E-state index contributed by atoms with van der Waals surface area (Å²) >= 11 is 0. The van der Waals surface area contributed by atoms with E-state index < -0.39 is 0 Å². The van der Waals surface area contributed by atoms with Crippen molar-refractivity contribution in [2.75, 3.05) is 20.2 Å². The second-order valence-corrected chi connectivity index (χ2v) is 5.12. The Hall–Kier alpha value is -1.71. The van der Waals surface area contributed by atoms with Gasteiger partial charge >= 0.3 is 0 Å². The van der Waals surface area contributed by atoms with Crippen molar-refractivity contribution in [2.24, 2.45) is 0 Å². The molecule has 0 radical (unpaired) electrons. The van der Waals surface area contributed by atoms with Gasteiger partial charge in [-0.15, -0.1) is 0 Å². The zero-order valence-corrected chi connectivity index (χ0v) is 12.3. The van der Waals surface area contributed by atoms with Crippen LogP contribution in [-0.4, -0.2) is 37.1 Å². The van der Waals surface area contributed by atoms with Crippen LogP contribution in [0.2, 0.25) is 0 Å². The minimum absolute atomic E-state index is 0.203. The number of methoxy groups -OCH3 is 1. The fourth-order valence-corrected chi connectivity index (χ4v) is 2.44. The van der Waals surface area contributed by atoms with Crippen LogP contribution in [0.3, 0.4) is 0 Å². The average Bonchev–Trinajstić information content (AvgIpc) is 2.49. The van der Waals surface area contributed by atoms with Gasteiger partial charge < -0.3 is 14.4 Å². The lowest BCUT2D eigenvalue weighted by molar-refractivity contribution is -0.133. The quantitative estimate of drug-likeness (QED) is 0.830. The van der Waals surface area contributed by atoms with E-state index in [-0.39, 0.29) is 12.0 Å². The minimum atomic E-state index is 0.203. The SMILES string of the molecule is CCCC(=O)N1CCC(Oc2ccc(OC)cc2)CC1. The van der Waals surface area contributed by atoms with Gasteiger partial charge in [-0.3, -0.25) is 4.79 Å². The number of amides is 1. The molecule has 110 valence electrons. The summed E-state index contributed by atoms with van der Waals surface area (Å²) in [6.07, 6.45) is 3.59. The molecule has 0 aliphatic carbocycles. The summed E-state index contributed by atoms with van der Waals surface area (Å²) in [6, 6.07) is 7.64. The van der Waals surface area contributed by atoms with Gasteiger partial charge in [0.15, 0.2) is 0 Å². The van der Waals surface area contributed by atoms with Crippen LogP contribution in [0.1, 0.15) is 32.6 Å². The van der Waals surface area contributed by atoms with E-state index >= 15 is 0 Å². The Balaban J connectivity index is 1.80. The third-order valence-electron chi connectivity index (χ3n) is 3.62. The Kier molecular flexibility index (Phi) is 5.27. The summed E-state index contributed by atoms with van der Waals surface area (Å²) in [6.45, 7) is 3.65. The van der Waals surface area contributed by atoms with E-state index in [9.17, 15) is 4.79 Å². The van der Waals surface area contributed by atoms with Crippen molar-refractivity contribution in [3.05, 3.63) is 24.3 Å². The molecule has 0 aromatic heterocycles. The second kappa shape index (κ2) is 7.17. The van der Waals surface area contributed by atoms with Gasteiger partial charge in [0.2, 0.25) is 5.91 Å². The van der Waals surface area contributed by atoms with E-state index in [0.717, 1.165) is 43.9 Å². The molecule has 1 heterocycles. The van der Waals surface area contributed by atoms with Crippen molar-refractivity contribution in [2.45, 2.75) is 38.7 Å². The van der Waals surface area contributed by atoms with Crippen molar-refractivity contribution in [3.63, 3.8) is 0 Å². The van der Waals surface area contributed by atoms with Gasteiger partial charge in [-0.05, 0) is 30.7 Å². The molecule has 1 amide bonds. The molecule has 2 rings (SSSR count). The summed E-state index contributed by atoms with van der Waals surface area (Å²) in [4.78, 5) is 13.8. The normalized spacial score (nSPS) is 16.0. The molecule has 20 heavy (non-hydrogen) atoms. The van der Waals surface area contributed by atoms with E-state index in [2.05, 4.69) is 0 Å². The molecule has 0 unspecified atom stereocenters. The van der Waals surface area contributed by atoms with Crippen LogP contribution in [0, 0.1) is 0 Å². The lowest BCUT2D eigenvalue weighted by Crippen LogP contribution is -2.41. The Labute approximate surface area is 120 Å². The lowest BCUT2D eigenvalue weighted by atomic mass is 10.1. The standard InChI is InChI=1S/C16H23NO3/c1-3-4-16(18)17-11-9-15(10-12-17)20-14-7-5-13(19-2)6-8-14/h5-8,15H,3-4,9-12H2,1-2H3. The highest BCUT2D eigenvalue weighted by molar-refractivity contribution is 5.76. The zero-order valence-electron chi connectivity index (χ0n) is 12.3. The number of benzene rings is 1. The number of likely N-dealkylation sites (tertiary alicyclic amines) is 1. The number of rotatable bonds is 5. The Morgan fingerprint density at radius 2 is 1.80 bits per heavy atom. The Bertz CT molecular complexity index is 422. The number of nitrogens with zero attached hydrogens (tertiary/aromatic N) is 1. The first kappa shape index (κ1) is 14.7. The molecular weight excluding hydrogens is 254 g/mol. The maximum absolute atomic E-state index is 11.8. The highest BCUT2D eigenvalue weighted by Gasteiger charge is 2.23.